The molecule has 3 nitrogen and oxygen atoms in total. The van der Waals surface area contributed by atoms with Crippen LogP contribution in [0.4, 0.5) is 0 Å². The Hall–Kier alpha value is -1.03. The van der Waals surface area contributed by atoms with Crippen molar-refractivity contribution in [2.75, 3.05) is 0 Å². The molecule has 0 amide bonds. The number of benzene rings is 1. The fourth-order valence-electron chi connectivity index (χ4n) is 2.66. The van der Waals surface area contributed by atoms with Crippen LogP contribution in [0.1, 0.15) is 37.7 Å². The van der Waals surface area contributed by atoms with Crippen LogP contribution in [0.15, 0.2) is 22.7 Å². The van der Waals surface area contributed by atoms with Crippen LogP contribution in [0.5, 0.6) is 5.75 Å². The monoisotopic (exact) mass is 298 g/mol. The van der Waals surface area contributed by atoms with Crippen LogP contribution in [0.25, 0.3) is 0 Å². The summed E-state index contributed by atoms with van der Waals surface area (Å²) in [6.45, 7) is 0. The number of hydrogen-bond acceptors (Lipinski definition) is 2. The van der Waals surface area contributed by atoms with Crippen molar-refractivity contribution in [1.29, 1.82) is 0 Å². The molecule has 0 unspecified atom stereocenters. The Morgan fingerprint density at radius 1 is 1.24 bits per heavy atom. The van der Waals surface area contributed by atoms with Gasteiger partial charge >= 0.3 is 5.97 Å². The minimum Gasteiger partial charge on any atom is -0.506 e. The largest absolute Gasteiger partial charge is 0.506 e. The highest BCUT2D eigenvalue weighted by Crippen LogP contribution is 2.45. The standard InChI is InChI=1S/C13H15BrO3/c14-10-6-4-5-9(11(10)15)13(12(16)17)7-2-1-3-8-13/h4-6,15H,1-3,7-8H2,(H,16,17). The van der Waals surface area contributed by atoms with E-state index in [1.807, 2.05) is 0 Å². The second-order valence-corrected chi connectivity index (χ2v) is 5.44. The van der Waals surface area contributed by atoms with Gasteiger partial charge in [0.1, 0.15) is 5.75 Å². The third kappa shape index (κ3) is 2.06. The lowest BCUT2D eigenvalue weighted by Gasteiger charge is -2.34. The van der Waals surface area contributed by atoms with E-state index in [2.05, 4.69) is 15.9 Å². The first-order valence-electron chi connectivity index (χ1n) is 5.79. The van der Waals surface area contributed by atoms with Crippen molar-refractivity contribution in [2.24, 2.45) is 0 Å². The molecule has 0 aromatic heterocycles. The molecule has 0 spiro atoms. The number of carboxylic acid groups (broad SMARTS) is 1. The van der Waals surface area contributed by atoms with Gasteiger partial charge in [0.05, 0.1) is 9.89 Å². The van der Waals surface area contributed by atoms with Crippen LogP contribution in [0, 0.1) is 0 Å². The molecule has 1 fully saturated rings. The molecule has 0 atom stereocenters. The number of carboxylic acids is 1. The van der Waals surface area contributed by atoms with Gasteiger partial charge in [-0.2, -0.15) is 0 Å². The van der Waals surface area contributed by atoms with Gasteiger partial charge in [0.25, 0.3) is 0 Å². The average Bonchev–Trinajstić information content (AvgIpc) is 2.33. The van der Waals surface area contributed by atoms with E-state index in [-0.39, 0.29) is 5.75 Å². The summed E-state index contributed by atoms with van der Waals surface area (Å²) in [7, 11) is 0. The SMILES string of the molecule is O=C(O)C1(c2cccc(Br)c2O)CCCCC1. The Morgan fingerprint density at radius 3 is 2.47 bits per heavy atom. The normalized spacial score (nSPS) is 18.9. The smallest absolute Gasteiger partial charge is 0.314 e. The molecule has 0 aliphatic heterocycles. The number of carbonyl (C=O) groups is 1. The molecular weight excluding hydrogens is 284 g/mol. The molecule has 92 valence electrons. The molecule has 0 heterocycles. The lowest BCUT2D eigenvalue weighted by Crippen LogP contribution is -2.37. The second kappa shape index (κ2) is 4.69. The summed E-state index contributed by atoms with van der Waals surface area (Å²) in [4.78, 5) is 11.6. The van der Waals surface area contributed by atoms with Gasteiger partial charge in [-0.1, -0.05) is 31.4 Å². The van der Waals surface area contributed by atoms with E-state index in [9.17, 15) is 15.0 Å². The van der Waals surface area contributed by atoms with Gasteiger partial charge in [0, 0.05) is 5.56 Å². The first-order valence-corrected chi connectivity index (χ1v) is 6.58. The van der Waals surface area contributed by atoms with Gasteiger partial charge in [0.15, 0.2) is 0 Å². The zero-order valence-corrected chi connectivity index (χ0v) is 11.0. The number of para-hydroxylation sites is 1. The Morgan fingerprint density at radius 2 is 1.88 bits per heavy atom. The lowest BCUT2D eigenvalue weighted by molar-refractivity contribution is -0.145. The summed E-state index contributed by atoms with van der Waals surface area (Å²) in [5.74, 6) is -0.762. The highest BCUT2D eigenvalue weighted by atomic mass is 79.9. The van der Waals surface area contributed by atoms with Crippen LogP contribution in [0.3, 0.4) is 0 Å². The van der Waals surface area contributed by atoms with Crippen LogP contribution in [-0.4, -0.2) is 16.2 Å². The van der Waals surface area contributed by atoms with Crippen molar-refractivity contribution in [3.8, 4) is 5.75 Å². The molecule has 1 aromatic carbocycles. The highest BCUT2D eigenvalue weighted by Gasteiger charge is 2.43. The van der Waals surface area contributed by atoms with Gasteiger partial charge in [-0.25, -0.2) is 0 Å². The number of aromatic hydroxyl groups is 1. The Balaban J connectivity index is 2.53. The summed E-state index contributed by atoms with van der Waals surface area (Å²) < 4.78 is 0.557. The zero-order chi connectivity index (χ0) is 12.5. The van der Waals surface area contributed by atoms with Crippen molar-refractivity contribution in [3.05, 3.63) is 28.2 Å². The number of halogens is 1. The molecular formula is C13H15BrO3. The fourth-order valence-corrected chi connectivity index (χ4v) is 3.02. The third-order valence-corrected chi connectivity index (χ3v) is 4.26. The van der Waals surface area contributed by atoms with Gasteiger partial charge < -0.3 is 10.2 Å². The van der Waals surface area contributed by atoms with Gasteiger partial charge in [-0.05, 0) is 34.8 Å². The van der Waals surface area contributed by atoms with Crippen molar-refractivity contribution >= 4 is 21.9 Å². The molecule has 0 bridgehead atoms. The maximum Gasteiger partial charge on any atom is 0.314 e. The molecule has 1 saturated carbocycles. The average molecular weight is 299 g/mol. The van der Waals surface area contributed by atoms with E-state index in [1.54, 1.807) is 18.2 Å². The first kappa shape index (κ1) is 12.4. The minimum atomic E-state index is -0.911. The third-order valence-electron chi connectivity index (χ3n) is 3.62. The molecule has 1 aromatic rings. The molecule has 17 heavy (non-hydrogen) atoms. The fraction of sp³-hybridized carbons (Fsp3) is 0.462. The predicted octanol–water partition coefficient (Wildman–Crippen LogP) is 3.44. The number of phenols is 1. The number of aliphatic carboxylic acids is 1. The van der Waals surface area contributed by atoms with Crippen molar-refractivity contribution < 1.29 is 15.0 Å². The van der Waals surface area contributed by atoms with Crippen LogP contribution in [-0.2, 0) is 10.2 Å². The van der Waals surface area contributed by atoms with E-state index in [4.69, 9.17) is 0 Å². The van der Waals surface area contributed by atoms with E-state index >= 15 is 0 Å². The Kier molecular flexibility index (Phi) is 3.43. The summed E-state index contributed by atoms with van der Waals surface area (Å²) in [6.07, 6.45) is 4.08. The Labute approximate surface area is 109 Å². The van der Waals surface area contributed by atoms with Gasteiger partial charge in [0.2, 0.25) is 0 Å². The van der Waals surface area contributed by atoms with Crippen LogP contribution < -0.4 is 0 Å². The zero-order valence-electron chi connectivity index (χ0n) is 9.45. The maximum atomic E-state index is 11.6. The maximum absolute atomic E-state index is 11.6. The molecule has 0 radical (unpaired) electrons. The van der Waals surface area contributed by atoms with Crippen LogP contribution >= 0.6 is 15.9 Å². The number of phenolic OH excluding ortho intramolecular Hbond substituents is 1. The van der Waals surface area contributed by atoms with E-state index in [1.165, 1.54) is 0 Å². The topological polar surface area (TPSA) is 57.5 Å². The Bertz CT molecular complexity index is 436. The van der Waals surface area contributed by atoms with E-state index in [0.717, 1.165) is 19.3 Å². The quantitative estimate of drug-likeness (QED) is 0.879. The highest BCUT2D eigenvalue weighted by molar-refractivity contribution is 9.10. The molecule has 1 aliphatic rings. The van der Waals surface area contributed by atoms with Crippen LogP contribution in [0.2, 0.25) is 0 Å². The summed E-state index contributed by atoms with van der Waals surface area (Å²) in [5, 5.41) is 19.6. The second-order valence-electron chi connectivity index (χ2n) is 4.58. The molecule has 4 heteroatoms. The number of rotatable bonds is 2. The summed E-state index contributed by atoms with van der Waals surface area (Å²) in [6, 6.07) is 5.22. The molecule has 2 rings (SSSR count). The predicted molar refractivity (Wildman–Crippen MR) is 68.2 cm³/mol. The summed E-state index contributed by atoms with van der Waals surface area (Å²) >= 11 is 3.24. The van der Waals surface area contributed by atoms with E-state index < -0.39 is 11.4 Å². The molecule has 1 aliphatic carbocycles. The first-order chi connectivity index (χ1) is 8.08. The van der Waals surface area contributed by atoms with Crippen molar-refractivity contribution in [2.45, 2.75) is 37.5 Å². The number of hydrogen-bond donors (Lipinski definition) is 2. The minimum absolute atomic E-state index is 0.0665. The molecule has 0 saturated heterocycles. The van der Waals surface area contributed by atoms with E-state index in [0.29, 0.717) is 22.9 Å². The lowest BCUT2D eigenvalue weighted by atomic mass is 9.69. The van der Waals surface area contributed by atoms with Crippen molar-refractivity contribution in [3.63, 3.8) is 0 Å². The molecule has 2 N–H and O–H groups in total. The van der Waals surface area contributed by atoms with Crippen molar-refractivity contribution in [1.82, 2.24) is 0 Å². The van der Waals surface area contributed by atoms with Gasteiger partial charge in [-0.3, -0.25) is 4.79 Å². The summed E-state index contributed by atoms with van der Waals surface area (Å²) in [5.41, 5.74) is -0.370. The van der Waals surface area contributed by atoms with Gasteiger partial charge in [-0.15, -0.1) is 0 Å².